The first-order chi connectivity index (χ1) is 10.1. The molecule has 0 atom stereocenters. The van der Waals surface area contributed by atoms with Crippen molar-refractivity contribution in [2.24, 2.45) is 5.92 Å². The fraction of sp³-hybridized carbons (Fsp3) is 0.375. The highest BCUT2D eigenvalue weighted by atomic mass is 16.5. The molecule has 0 bridgehead atoms. The number of carboxylic acid groups (broad SMARTS) is 1. The van der Waals surface area contributed by atoms with Crippen LogP contribution in [0.15, 0.2) is 30.0 Å². The quantitative estimate of drug-likeness (QED) is 0.816. The van der Waals surface area contributed by atoms with E-state index in [9.17, 15) is 14.7 Å². The molecule has 1 amide bonds. The lowest BCUT2D eigenvalue weighted by Gasteiger charge is -2.11. The molecule has 1 aromatic rings. The number of aliphatic carboxylic acids is 1. The number of rotatable bonds is 5. The van der Waals surface area contributed by atoms with E-state index in [1.54, 1.807) is 24.3 Å². The molecule has 2 N–H and O–H groups in total. The van der Waals surface area contributed by atoms with Crippen molar-refractivity contribution in [2.75, 3.05) is 7.11 Å². The Labute approximate surface area is 123 Å². The number of ether oxygens (including phenoxy) is 1. The summed E-state index contributed by atoms with van der Waals surface area (Å²) in [5.41, 5.74) is 0.487. The number of benzene rings is 1. The highest BCUT2D eigenvalue weighted by Crippen LogP contribution is 2.25. The Balaban J connectivity index is 2.20. The van der Waals surface area contributed by atoms with Crippen LogP contribution in [0, 0.1) is 5.92 Å². The van der Waals surface area contributed by atoms with Gasteiger partial charge in [-0.1, -0.05) is 31.0 Å². The molecule has 1 aliphatic carbocycles. The second-order valence-corrected chi connectivity index (χ2v) is 5.08. The lowest BCUT2D eigenvalue weighted by atomic mass is 10.1. The van der Waals surface area contributed by atoms with E-state index in [-0.39, 0.29) is 17.5 Å². The smallest absolute Gasteiger partial charge is 0.352 e. The van der Waals surface area contributed by atoms with Gasteiger partial charge in [0.15, 0.2) is 0 Å². The molecule has 2 rings (SSSR count). The van der Waals surface area contributed by atoms with E-state index in [4.69, 9.17) is 4.74 Å². The Morgan fingerprint density at radius 3 is 2.57 bits per heavy atom. The molecule has 0 radical (unpaired) electrons. The van der Waals surface area contributed by atoms with Crippen LogP contribution in [0.25, 0.3) is 6.08 Å². The van der Waals surface area contributed by atoms with Gasteiger partial charge < -0.3 is 15.2 Å². The van der Waals surface area contributed by atoms with E-state index < -0.39 is 5.97 Å². The van der Waals surface area contributed by atoms with E-state index in [2.05, 4.69) is 5.32 Å². The molecule has 5 nitrogen and oxygen atoms in total. The van der Waals surface area contributed by atoms with Crippen LogP contribution in [-0.4, -0.2) is 24.1 Å². The monoisotopic (exact) mass is 289 g/mol. The van der Waals surface area contributed by atoms with E-state index in [1.165, 1.54) is 13.2 Å². The van der Waals surface area contributed by atoms with Gasteiger partial charge in [-0.2, -0.15) is 0 Å². The first-order valence-corrected chi connectivity index (χ1v) is 7.00. The average Bonchev–Trinajstić information content (AvgIpc) is 3.01. The molecular formula is C16H19NO4. The number of hydrogen-bond acceptors (Lipinski definition) is 3. The van der Waals surface area contributed by atoms with Crippen molar-refractivity contribution < 1.29 is 19.4 Å². The maximum atomic E-state index is 12.1. The van der Waals surface area contributed by atoms with Gasteiger partial charge >= 0.3 is 5.97 Å². The number of nitrogens with one attached hydrogen (secondary N) is 1. The summed E-state index contributed by atoms with van der Waals surface area (Å²) in [6, 6.07) is 7.06. The predicted molar refractivity (Wildman–Crippen MR) is 78.7 cm³/mol. The molecule has 1 saturated carbocycles. The van der Waals surface area contributed by atoms with Crippen molar-refractivity contribution in [1.29, 1.82) is 0 Å². The van der Waals surface area contributed by atoms with Gasteiger partial charge in [0.1, 0.15) is 11.4 Å². The Hall–Kier alpha value is -2.30. The molecular weight excluding hydrogens is 270 g/mol. The summed E-state index contributed by atoms with van der Waals surface area (Å²) >= 11 is 0. The Bertz CT molecular complexity index is 559. The average molecular weight is 289 g/mol. The molecule has 5 heteroatoms. The van der Waals surface area contributed by atoms with E-state index in [1.807, 2.05) is 0 Å². The topological polar surface area (TPSA) is 75.6 Å². The minimum absolute atomic E-state index is 0.0783. The molecule has 112 valence electrons. The SMILES string of the molecule is COc1ccccc1C=C(NC(=O)C1CCCC1)C(=O)O. The summed E-state index contributed by atoms with van der Waals surface area (Å²) in [7, 11) is 1.52. The molecule has 0 aliphatic heterocycles. The summed E-state index contributed by atoms with van der Waals surface area (Å²) in [5.74, 6) is -0.889. The van der Waals surface area contributed by atoms with Gasteiger partial charge in [-0.15, -0.1) is 0 Å². The van der Waals surface area contributed by atoms with Crippen LogP contribution in [0.1, 0.15) is 31.2 Å². The molecule has 0 heterocycles. The van der Waals surface area contributed by atoms with E-state index >= 15 is 0 Å². The molecule has 0 aromatic heterocycles. The molecule has 1 aromatic carbocycles. The van der Waals surface area contributed by atoms with Crippen molar-refractivity contribution in [3.63, 3.8) is 0 Å². The third-order valence-electron chi connectivity index (χ3n) is 3.65. The largest absolute Gasteiger partial charge is 0.496 e. The summed E-state index contributed by atoms with van der Waals surface area (Å²) in [4.78, 5) is 23.4. The van der Waals surface area contributed by atoms with Gasteiger partial charge in [0, 0.05) is 11.5 Å². The van der Waals surface area contributed by atoms with E-state index in [0.717, 1.165) is 25.7 Å². The lowest BCUT2D eigenvalue weighted by Crippen LogP contribution is -2.31. The van der Waals surface area contributed by atoms with Gasteiger partial charge in [0.2, 0.25) is 5.91 Å². The van der Waals surface area contributed by atoms with Gasteiger partial charge in [0.05, 0.1) is 7.11 Å². The van der Waals surface area contributed by atoms with Crippen LogP contribution in [0.4, 0.5) is 0 Å². The standard InChI is InChI=1S/C16H19NO4/c1-21-14-9-5-4-8-12(14)10-13(16(19)20)17-15(18)11-6-2-3-7-11/h4-5,8-11H,2-3,6-7H2,1H3,(H,17,18)(H,19,20). The van der Waals surface area contributed by atoms with Gasteiger partial charge in [0.25, 0.3) is 0 Å². The molecule has 1 aliphatic rings. The van der Waals surface area contributed by atoms with Crippen molar-refractivity contribution >= 4 is 18.0 Å². The fourth-order valence-electron chi connectivity index (χ4n) is 2.52. The van der Waals surface area contributed by atoms with Gasteiger partial charge in [-0.25, -0.2) is 4.79 Å². The minimum Gasteiger partial charge on any atom is -0.496 e. The van der Waals surface area contributed by atoms with Crippen LogP contribution >= 0.6 is 0 Å². The summed E-state index contributed by atoms with van der Waals surface area (Å²) in [6.45, 7) is 0. The van der Waals surface area contributed by atoms with Crippen molar-refractivity contribution in [3.8, 4) is 5.75 Å². The third-order valence-corrected chi connectivity index (χ3v) is 3.65. The summed E-state index contributed by atoms with van der Waals surface area (Å²) < 4.78 is 5.18. The highest BCUT2D eigenvalue weighted by molar-refractivity contribution is 5.97. The number of carbonyl (C=O) groups excluding carboxylic acids is 1. The van der Waals surface area contributed by atoms with Gasteiger partial charge in [-0.05, 0) is 25.0 Å². The zero-order valence-corrected chi connectivity index (χ0v) is 12.0. The second kappa shape index (κ2) is 6.92. The Morgan fingerprint density at radius 1 is 1.29 bits per heavy atom. The highest BCUT2D eigenvalue weighted by Gasteiger charge is 2.24. The second-order valence-electron chi connectivity index (χ2n) is 5.08. The molecule has 1 fully saturated rings. The zero-order valence-electron chi connectivity index (χ0n) is 12.0. The lowest BCUT2D eigenvalue weighted by molar-refractivity contribution is -0.135. The number of carbonyl (C=O) groups is 2. The fourth-order valence-corrected chi connectivity index (χ4v) is 2.52. The predicted octanol–water partition coefficient (Wildman–Crippen LogP) is 2.43. The molecule has 21 heavy (non-hydrogen) atoms. The Kier molecular flexibility index (Phi) is 4.98. The first kappa shape index (κ1) is 15.1. The Morgan fingerprint density at radius 2 is 1.95 bits per heavy atom. The van der Waals surface area contributed by atoms with Crippen LogP contribution in [0.3, 0.4) is 0 Å². The zero-order chi connectivity index (χ0) is 15.2. The number of methoxy groups -OCH3 is 1. The van der Waals surface area contributed by atoms with Gasteiger partial charge in [-0.3, -0.25) is 4.79 Å². The molecule has 0 saturated heterocycles. The molecule has 0 spiro atoms. The minimum atomic E-state index is -1.16. The van der Waals surface area contributed by atoms with Crippen LogP contribution in [-0.2, 0) is 9.59 Å². The van der Waals surface area contributed by atoms with E-state index in [0.29, 0.717) is 11.3 Å². The van der Waals surface area contributed by atoms with Crippen molar-refractivity contribution in [3.05, 3.63) is 35.5 Å². The molecule has 0 unspecified atom stereocenters. The van der Waals surface area contributed by atoms with Crippen LogP contribution < -0.4 is 10.1 Å². The number of amides is 1. The summed E-state index contributed by atoms with van der Waals surface area (Å²) in [5, 5.41) is 11.8. The van der Waals surface area contributed by atoms with Crippen LogP contribution in [0.5, 0.6) is 5.75 Å². The number of para-hydroxylation sites is 1. The maximum Gasteiger partial charge on any atom is 0.352 e. The first-order valence-electron chi connectivity index (χ1n) is 7.00. The van der Waals surface area contributed by atoms with Crippen molar-refractivity contribution in [2.45, 2.75) is 25.7 Å². The maximum absolute atomic E-state index is 12.1. The van der Waals surface area contributed by atoms with Crippen molar-refractivity contribution in [1.82, 2.24) is 5.32 Å². The third kappa shape index (κ3) is 3.84. The number of carboxylic acids is 1. The number of hydrogen-bond donors (Lipinski definition) is 2. The normalized spacial score (nSPS) is 15.8. The van der Waals surface area contributed by atoms with Crippen LogP contribution in [0.2, 0.25) is 0 Å². The summed E-state index contributed by atoms with van der Waals surface area (Å²) in [6.07, 6.45) is 5.13.